The molecule has 1 amide bonds. The highest BCUT2D eigenvalue weighted by atomic mass is 32.1. The summed E-state index contributed by atoms with van der Waals surface area (Å²) in [5.74, 6) is 1.91. The molecule has 9 heteroatoms. The maximum Gasteiger partial charge on any atom is 0.257 e. The second-order valence-electron chi connectivity index (χ2n) is 8.59. The van der Waals surface area contributed by atoms with E-state index in [-0.39, 0.29) is 18.6 Å². The summed E-state index contributed by atoms with van der Waals surface area (Å²) in [6, 6.07) is 12.9. The van der Waals surface area contributed by atoms with Crippen LogP contribution in [-0.4, -0.2) is 67.0 Å². The number of aliphatic hydroxyl groups is 1. The van der Waals surface area contributed by atoms with Gasteiger partial charge in [-0.25, -0.2) is 4.98 Å². The molecule has 2 N–H and O–H groups in total. The van der Waals surface area contributed by atoms with Gasteiger partial charge in [-0.3, -0.25) is 15.0 Å². The molecule has 0 saturated carbocycles. The Bertz CT molecular complexity index is 1130. The molecule has 0 spiro atoms. The average Bonchev–Trinajstić information content (AvgIpc) is 3.57. The zero-order valence-electron chi connectivity index (χ0n) is 20.7. The zero-order valence-corrected chi connectivity index (χ0v) is 21.6. The Morgan fingerprint density at radius 2 is 1.94 bits per heavy atom. The number of hydrogen-bond donors (Lipinski definition) is 2. The van der Waals surface area contributed by atoms with Crippen molar-refractivity contribution in [1.29, 1.82) is 0 Å². The summed E-state index contributed by atoms with van der Waals surface area (Å²) in [4.78, 5) is 19.6. The van der Waals surface area contributed by atoms with Crippen molar-refractivity contribution >= 4 is 22.4 Å². The summed E-state index contributed by atoms with van der Waals surface area (Å²) < 4.78 is 17.1. The van der Waals surface area contributed by atoms with Crippen molar-refractivity contribution in [2.75, 3.05) is 45.3 Å². The lowest BCUT2D eigenvalue weighted by Gasteiger charge is -2.22. The molecule has 36 heavy (non-hydrogen) atoms. The van der Waals surface area contributed by atoms with Gasteiger partial charge in [0, 0.05) is 29.1 Å². The number of carbonyl (C=O) groups excluding carboxylic acids is 1. The molecule has 192 valence electrons. The smallest absolute Gasteiger partial charge is 0.257 e. The van der Waals surface area contributed by atoms with Crippen LogP contribution in [0.5, 0.6) is 17.2 Å². The van der Waals surface area contributed by atoms with Crippen LogP contribution in [0.15, 0.2) is 47.8 Å². The number of aliphatic hydroxyl groups excluding tert-OH is 1. The van der Waals surface area contributed by atoms with E-state index in [9.17, 15) is 9.90 Å². The van der Waals surface area contributed by atoms with E-state index in [0.29, 0.717) is 41.1 Å². The second kappa shape index (κ2) is 12.7. The van der Waals surface area contributed by atoms with Crippen molar-refractivity contribution in [1.82, 2.24) is 9.88 Å². The first-order valence-corrected chi connectivity index (χ1v) is 13.1. The molecule has 1 saturated heterocycles. The molecule has 2 heterocycles. The third kappa shape index (κ3) is 6.54. The van der Waals surface area contributed by atoms with Crippen molar-refractivity contribution in [2.24, 2.45) is 0 Å². The number of anilines is 1. The number of hydrogen-bond acceptors (Lipinski definition) is 8. The van der Waals surface area contributed by atoms with Crippen LogP contribution in [-0.2, 0) is 0 Å². The van der Waals surface area contributed by atoms with Crippen LogP contribution in [0, 0.1) is 0 Å². The maximum atomic E-state index is 12.8. The third-order valence-electron chi connectivity index (χ3n) is 6.12. The molecule has 3 aromatic rings. The Balaban J connectivity index is 1.33. The van der Waals surface area contributed by atoms with Crippen molar-refractivity contribution in [3.05, 3.63) is 53.4 Å². The number of ether oxygens (including phenoxy) is 3. The van der Waals surface area contributed by atoms with Crippen molar-refractivity contribution in [2.45, 2.75) is 32.2 Å². The monoisotopic (exact) mass is 511 g/mol. The molecular weight excluding hydrogens is 478 g/mol. The van der Waals surface area contributed by atoms with E-state index in [1.807, 2.05) is 23.6 Å². The number of methoxy groups -OCH3 is 1. The van der Waals surface area contributed by atoms with E-state index in [1.54, 1.807) is 31.4 Å². The first-order chi connectivity index (χ1) is 17.6. The normalized spacial score (nSPS) is 15.6. The van der Waals surface area contributed by atoms with Crippen LogP contribution >= 0.6 is 11.3 Å². The van der Waals surface area contributed by atoms with E-state index in [4.69, 9.17) is 14.2 Å². The lowest BCUT2D eigenvalue weighted by molar-refractivity contribution is 0.102. The van der Waals surface area contributed by atoms with Gasteiger partial charge in [0.15, 0.2) is 5.13 Å². The van der Waals surface area contributed by atoms with Crippen molar-refractivity contribution in [3.8, 4) is 28.5 Å². The highest BCUT2D eigenvalue weighted by Gasteiger charge is 2.23. The van der Waals surface area contributed by atoms with E-state index in [1.165, 1.54) is 11.3 Å². The third-order valence-corrected chi connectivity index (χ3v) is 6.88. The topological polar surface area (TPSA) is 93.2 Å². The largest absolute Gasteiger partial charge is 0.496 e. The van der Waals surface area contributed by atoms with Gasteiger partial charge in [0.25, 0.3) is 5.91 Å². The number of aromatic nitrogens is 1. The van der Waals surface area contributed by atoms with Gasteiger partial charge in [-0.2, -0.15) is 0 Å². The van der Waals surface area contributed by atoms with Crippen LogP contribution in [0.25, 0.3) is 11.3 Å². The van der Waals surface area contributed by atoms with E-state index >= 15 is 0 Å². The molecule has 0 bridgehead atoms. The fourth-order valence-corrected chi connectivity index (χ4v) is 4.91. The first kappa shape index (κ1) is 25.9. The van der Waals surface area contributed by atoms with Crippen LogP contribution in [0.1, 0.15) is 36.5 Å². The molecule has 0 aliphatic carbocycles. The fraction of sp³-hybridized carbons (Fsp3) is 0.407. The van der Waals surface area contributed by atoms with Gasteiger partial charge in [-0.15, -0.1) is 11.3 Å². The molecule has 2 aromatic carbocycles. The van der Waals surface area contributed by atoms with Gasteiger partial charge in [-0.05, 0) is 68.3 Å². The zero-order chi connectivity index (χ0) is 25.3. The average molecular weight is 512 g/mol. The van der Waals surface area contributed by atoms with Gasteiger partial charge in [0.2, 0.25) is 0 Å². The Morgan fingerprint density at radius 3 is 2.69 bits per heavy atom. The minimum atomic E-state index is -0.239. The van der Waals surface area contributed by atoms with Gasteiger partial charge >= 0.3 is 0 Å². The summed E-state index contributed by atoms with van der Waals surface area (Å²) >= 11 is 1.35. The number of carbonyl (C=O) groups is 1. The molecule has 4 rings (SSSR count). The fourth-order valence-electron chi connectivity index (χ4n) is 4.20. The number of likely N-dealkylation sites (tertiary alicyclic amines) is 1. The number of benzene rings is 2. The molecule has 1 atom stereocenters. The minimum absolute atomic E-state index is 0.192. The van der Waals surface area contributed by atoms with Gasteiger partial charge in [-0.1, -0.05) is 6.92 Å². The second-order valence-corrected chi connectivity index (χ2v) is 9.45. The molecule has 1 fully saturated rings. The molecule has 1 aliphatic heterocycles. The number of nitrogens with one attached hydrogen (secondary N) is 1. The molecule has 1 aliphatic rings. The molecular formula is C27H33N3O5S. The summed E-state index contributed by atoms with van der Waals surface area (Å²) in [6.07, 6.45) is 3.07. The van der Waals surface area contributed by atoms with E-state index in [2.05, 4.69) is 22.1 Å². The Kier molecular flexibility index (Phi) is 9.16. The number of amides is 1. The summed E-state index contributed by atoms with van der Waals surface area (Å²) in [5, 5.41) is 14.7. The highest BCUT2D eigenvalue weighted by molar-refractivity contribution is 7.14. The Hall–Kier alpha value is -3.14. The van der Waals surface area contributed by atoms with Gasteiger partial charge < -0.3 is 19.3 Å². The van der Waals surface area contributed by atoms with Crippen LogP contribution in [0.2, 0.25) is 0 Å². The number of thiazole rings is 1. The SMILES string of the molecule is CCCOc1ccc(OC)c(-c2csc(NC(=O)c3ccc(OCCN4CCC[C@H]4CO)cc3)n2)c1. The molecule has 0 radical (unpaired) electrons. The van der Waals surface area contributed by atoms with Gasteiger partial charge in [0.1, 0.15) is 23.9 Å². The van der Waals surface area contributed by atoms with Crippen molar-refractivity contribution < 1.29 is 24.1 Å². The first-order valence-electron chi connectivity index (χ1n) is 12.3. The summed E-state index contributed by atoms with van der Waals surface area (Å²) in [5.41, 5.74) is 2.04. The predicted molar refractivity (Wildman–Crippen MR) is 141 cm³/mol. The van der Waals surface area contributed by atoms with Crippen LogP contribution < -0.4 is 19.5 Å². The minimum Gasteiger partial charge on any atom is -0.496 e. The Labute approximate surface area is 215 Å². The number of rotatable bonds is 12. The van der Waals surface area contributed by atoms with E-state index < -0.39 is 0 Å². The van der Waals surface area contributed by atoms with Crippen molar-refractivity contribution in [3.63, 3.8) is 0 Å². The molecule has 1 aromatic heterocycles. The lowest BCUT2D eigenvalue weighted by Crippen LogP contribution is -2.35. The lowest BCUT2D eigenvalue weighted by atomic mass is 10.1. The Morgan fingerprint density at radius 1 is 1.17 bits per heavy atom. The maximum absolute atomic E-state index is 12.8. The summed E-state index contributed by atoms with van der Waals surface area (Å²) in [7, 11) is 1.62. The summed E-state index contributed by atoms with van der Waals surface area (Å²) in [6.45, 7) is 5.20. The standard InChI is InChI=1S/C27H33N3O5S/c1-3-14-34-22-10-11-25(33-2)23(16-22)24-18-36-27(28-24)29-26(32)19-6-8-21(9-7-19)35-15-13-30-12-4-5-20(30)17-31/h6-11,16,18,20,31H,3-5,12-15,17H2,1-2H3,(H,28,29,32)/t20-/m0/s1. The number of nitrogens with zero attached hydrogens (tertiary/aromatic N) is 2. The predicted octanol–water partition coefficient (Wildman–Crippen LogP) is 4.70. The van der Waals surface area contributed by atoms with Crippen LogP contribution in [0.4, 0.5) is 5.13 Å². The van der Waals surface area contributed by atoms with Gasteiger partial charge in [0.05, 0.1) is 26.0 Å². The highest BCUT2D eigenvalue weighted by Crippen LogP contribution is 2.35. The van der Waals surface area contributed by atoms with E-state index in [0.717, 1.165) is 43.7 Å². The molecule has 8 nitrogen and oxygen atoms in total. The molecule has 0 unspecified atom stereocenters. The quantitative estimate of drug-likeness (QED) is 0.364. The van der Waals surface area contributed by atoms with Crippen LogP contribution in [0.3, 0.4) is 0 Å².